The molecule has 24 heavy (non-hydrogen) atoms. The van der Waals surface area contributed by atoms with E-state index in [4.69, 9.17) is 26.6 Å². The van der Waals surface area contributed by atoms with Gasteiger partial charge in [0.1, 0.15) is 5.75 Å². The third-order valence-corrected chi connectivity index (χ3v) is 3.40. The number of aliphatic imine (C=N–C) groups is 1. The number of nitrogens with zero attached hydrogens (tertiary/aromatic N) is 1. The van der Waals surface area contributed by atoms with Crippen LogP contribution in [0.2, 0.25) is 5.02 Å². The Morgan fingerprint density at radius 3 is 2.54 bits per heavy atom. The Balaban J connectivity index is 2.16. The van der Waals surface area contributed by atoms with Gasteiger partial charge >= 0.3 is 11.9 Å². The Labute approximate surface area is 143 Å². The summed E-state index contributed by atoms with van der Waals surface area (Å²) in [7, 11) is 0. The first kappa shape index (κ1) is 17.5. The molecule has 0 saturated carbocycles. The van der Waals surface area contributed by atoms with Gasteiger partial charge in [-0.05, 0) is 54.4 Å². The number of hydrogen-bond donors (Lipinski definition) is 2. The van der Waals surface area contributed by atoms with Crippen LogP contribution in [0.1, 0.15) is 21.5 Å². The molecule has 0 amide bonds. The fourth-order valence-corrected chi connectivity index (χ4v) is 2.17. The van der Waals surface area contributed by atoms with Crippen LogP contribution in [0, 0.1) is 6.92 Å². The second kappa shape index (κ2) is 7.61. The van der Waals surface area contributed by atoms with E-state index in [2.05, 4.69) is 4.99 Å². The number of carboxylic acids is 2. The van der Waals surface area contributed by atoms with Crippen molar-refractivity contribution in [3.05, 3.63) is 58.1 Å². The smallest absolute Gasteiger partial charge is 0.341 e. The Kier molecular flexibility index (Phi) is 5.55. The summed E-state index contributed by atoms with van der Waals surface area (Å²) in [6, 6.07) is 9.51. The molecule has 0 radical (unpaired) electrons. The standard InChI is InChI=1S/C17H14ClNO5/c1-10-6-12(17(22)23)3-4-14(10)19-8-11-2-5-15(13(18)7-11)24-9-16(20)21/h2-8H,9H2,1H3,(H,20,21)(H,22,23). The molecular formula is C17H14ClNO5. The number of halogens is 1. The molecule has 2 aromatic rings. The maximum atomic E-state index is 10.9. The van der Waals surface area contributed by atoms with Crippen LogP contribution in [0.5, 0.6) is 5.75 Å². The summed E-state index contributed by atoms with van der Waals surface area (Å²) in [5.74, 6) is -1.80. The SMILES string of the molecule is Cc1cc(C(=O)O)ccc1N=Cc1ccc(OCC(=O)O)c(Cl)c1. The maximum Gasteiger partial charge on any atom is 0.341 e. The van der Waals surface area contributed by atoms with E-state index in [-0.39, 0.29) is 16.3 Å². The summed E-state index contributed by atoms with van der Waals surface area (Å²) < 4.78 is 5.04. The van der Waals surface area contributed by atoms with Crippen molar-refractivity contribution in [3.8, 4) is 5.75 Å². The number of aromatic carboxylic acids is 1. The van der Waals surface area contributed by atoms with Crippen molar-refractivity contribution >= 4 is 35.4 Å². The fourth-order valence-electron chi connectivity index (χ4n) is 1.93. The molecule has 0 aliphatic carbocycles. The van der Waals surface area contributed by atoms with Crippen LogP contribution in [0.25, 0.3) is 0 Å². The van der Waals surface area contributed by atoms with Crippen molar-refractivity contribution in [1.82, 2.24) is 0 Å². The van der Waals surface area contributed by atoms with Crippen LogP contribution in [0.3, 0.4) is 0 Å². The molecule has 6 nitrogen and oxygen atoms in total. The van der Waals surface area contributed by atoms with Gasteiger partial charge in [0.15, 0.2) is 6.61 Å². The van der Waals surface area contributed by atoms with E-state index in [9.17, 15) is 9.59 Å². The summed E-state index contributed by atoms with van der Waals surface area (Å²) in [6.45, 7) is 1.30. The van der Waals surface area contributed by atoms with Crippen molar-refractivity contribution < 1.29 is 24.5 Å². The molecule has 0 fully saturated rings. The van der Waals surface area contributed by atoms with Gasteiger partial charge in [-0.2, -0.15) is 0 Å². The van der Waals surface area contributed by atoms with Gasteiger partial charge in [-0.1, -0.05) is 11.6 Å². The predicted octanol–water partition coefficient (Wildman–Crippen LogP) is 3.56. The molecule has 0 unspecified atom stereocenters. The van der Waals surface area contributed by atoms with Crippen molar-refractivity contribution in [3.63, 3.8) is 0 Å². The lowest BCUT2D eigenvalue weighted by molar-refractivity contribution is -0.139. The topological polar surface area (TPSA) is 96.2 Å². The van der Waals surface area contributed by atoms with Crippen LogP contribution in [-0.4, -0.2) is 35.0 Å². The van der Waals surface area contributed by atoms with E-state index in [1.165, 1.54) is 6.07 Å². The van der Waals surface area contributed by atoms with Crippen LogP contribution >= 0.6 is 11.6 Å². The number of carboxylic acid groups (broad SMARTS) is 2. The van der Waals surface area contributed by atoms with Crippen LogP contribution < -0.4 is 4.74 Å². The minimum atomic E-state index is -1.09. The third-order valence-electron chi connectivity index (χ3n) is 3.10. The zero-order chi connectivity index (χ0) is 17.7. The van der Waals surface area contributed by atoms with Gasteiger partial charge in [0.25, 0.3) is 0 Å². The Bertz CT molecular complexity index is 817. The van der Waals surface area contributed by atoms with Gasteiger partial charge < -0.3 is 14.9 Å². The van der Waals surface area contributed by atoms with E-state index in [1.807, 2.05) is 0 Å². The summed E-state index contributed by atoms with van der Waals surface area (Å²) >= 11 is 6.04. The Morgan fingerprint density at radius 1 is 1.21 bits per heavy atom. The second-order valence-electron chi connectivity index (χ2n) is 4.94. The highest BCUT2D eigenvalue weighted by Gasteiger charge is 2.06. The van der Waals surface area contributed by atoms with Gasteiger partial charge in [-0.3, -0.25) is 4.99 Å². The minimum absolute atomic E-state index is 0.203. The van der Waals surface area contributed by atoms with E-state index in [1.54, 1.807) is 43.5 Å². The third kappa shape index (κ3) is 4.57. The number of hydrogen-bond acceptors (Lipinski definition) is 4. The van der Waals surface area contributed by atoms with E-state index in [0.717, 1.165) is 5.56 Å². The first-order valence-electron chi connectivity index (χ1n) is 6.89. The molecule has 7 heteroatoms. The van der Waals surface area contributed by atoms with Crippen molar-refractivity contribution in [2.45, 2.75) is 6.92 Å². The first-order chi connectivity index (χ1) is 11.4. The monoisotopic (exact) mass is 347 g/mol. The van der Waals surface area contributed by atoms with Gasteiger partial charge in [0.2, 0.25) is 0 Å². The average molecular weight is 348 g/mol. The summed E-state index contributed by atoms with van der Waals surface area (Å²) in [5, 5.41) is 17.8. The number of aliphatic carboxylic acids is 1. The highest BCUT2D eigenvalue weighted by atomic mass is 35.5. The molecule has 2 N–H and O–H groups in total. The maximum absolute atomic E-state index is 10.9. The lowest BCUT2D eigenvalue weighted by Gasteiger charge is -2.06. The largest absolute Gasteiger partial charge is 0.480 e. The van der Waals surface area contributed by atoms with E-state index >= 15 is 0 Å². The van der Waals surface area contributed by atoms with Gasteiger partial charge in [-0.25, -0.2) is 9.59 Å². The normalized spacial score (nSPS) is 10.8. The molecule has 0 saturated heterocycles. The molecule has 0 heterocycles. The molecule has 124 valence electrons. The van der Waals surface area contributed by atoms with Gasteiger partial charge in [0.05, 0.1) is 16.3 Å². The number of ether oxygens (including phenoxy) is 1. The molecule has 0 spiro atoms. The van der Waals surface area contributed by atoms with E-state index < -0.39 is 18.5 Å². The van der Waals surface area contributed by atoms with Gasteiger partial charge in [-0.15, -0.1) is 0 Å². The zero-order valence-corrected chi connectivity index (χ0v) is 13.4. The molecule has 0 aromatic heterocycles. The molecule has 0 bridgehead atoms. The molecule has 2 rings (SSSR count). The minimum Gasteiger partial charge on any atom is -0.480 e. The Hall–Kier alpha value is -2.86. The van der Waals surface area contributed by atoms with Crippen molar-refractivity contribution in [2.75, 3.05) is 6.61 Å². The number of rotatable bonds is 6. The summed E-state index contributed by atoms with van der Waals surface area (Å²) in [6.07, 6.45) is 1.58. The zero-order valence-electron chi connectivity index (χ0n) is 12.7. The second-order valence-corrected chi connectivity index (χ2v) is 5.34. The average Bonchev–Trinajstić information content (AvgIpc) is 2.52. The predicted molar refractivity (Wildman–Crippen MR) is 90.0 cm³/mol. The highest BCUT2D eigenvalue weighted by Crippen LogP contribution is 2.25. The van der Waals surface area contributed by atoms with Crippen molar-refractivity contribution in [1.29, 1.82) is 0 Å². The molecule has 0 aliphatic heterocycles. The number of benzene rings is 2. The van der Waals surface area contributed by atoms with E-state index in [0.29, 0.717) is 11.3 Å². The molecular weight excluding hydrogens is 334 g/mol. The molecule has 0 atom stereocenters. The lowest BCUT2D eigenvalue weighted by Crippen LogP contribution is -2.09. The van der Waals surface area contributed by atoms with Crippen molar-refractivity contribution in [2.24, 2.45) is 4.99 Å². The Morgan fingerprint density at radius 2 is 1.96 bits per heavy atom. The number of carbonyl (C=O) groups is 2. The first-order valence-corrected chi connectivity index (χ1v) is 7.27. The highest BCUT2D eigenvalue weighted by molar-refractivity contribution is 6.32. The number of aryl methyl sites for hydroxylation is 1. The molecule has 2 aromatic carbocycles. The lowest BCUT2D eigenvalue weighted by atomic mass is 10.1. The van der Waals surface area contributed by atoms with Crippen LogP contribution in [-0.2, 0) is 4.79 Å². The fraction of sp³-hybridized carbons (Fsp3) is 0.118. The molecule has 0 aliphatic rings. The van der Waals surface area contributed by atoms with Crippen LogP contribution in [0.15, 0.2) is 41.4 Å². The van der Waals surface area contributed by atoms with Gasteiger partial charge in [0, 0.05) is 6.21 Å². The quantitative estimate of drug-likeness (QED) is 0.779. The van der Waals surface area contributed by atoms with Crippen LogP contribution in [0.4, 0.5) is 5.69 Å². The summed E-state index contributed by atoms with van der Waals surface area (Å²) in [5.41, 5.74) is 2.28. The summed E-state index contributed by atoms with van der Waals surface area (Å²) in [4.78, 5) is 25.7.